The Bertz CT molecular complexity index is 1160. The molecule has 0 amide bonds. The molecular formula is C20H23N5O3S. The standard InChI is InChI=1S/C20H21N5O3S.H2/c1-3-29(26,27)25-11-9-15(10-12-25)17-13-21-14(2)18(22-17)19-23-20(28-24-19)16-7-5-4-6-8-16;/h4-9,13H,3,10-12H2,1-2H3;1H. The van der Waals surface area contributed by atoms with Gasteiger partial charge in [0.2, 0.25) is 15.8 Å². The molecule has 1 aliphatic rings. The SMILES string of the molecule is CCS(=O)(=O)N1CC=C(c2cnc(C)c(-c3noc(-c4ccccc4)n3)n2)CC1.[HH]. The topological polar surface area (TPSA) is 102 Å². The third kappa shape index (κ3) is 3.96. The third-order valence-corrected chi connectivity index (χ3v) is 6.72. The fraction of sp³-hybridized carbons (Fsp3) is 0.300. The van der Waals surface area contributed by atoms with Gasteiger partial charge in [-0.2, -0.15) is 9.29 Å². The summed E-state index contributed by atoms with van der Waals surface area (Å²) in [6, 6.07) is 9.53. The summed E-state index contributed by atoms with van der Waals surface area (Å²) in [4.78, 5) is 13.6. The van der Waals surface area contributed by atoms with Crippen molar-refractivity contribution in [2.24, 2.45) is 0 Å². The minimum absolute atomic E-state index is 0. The van der Waals surface area contributed by atoms with Crippen LogP contribution in [-0.4, -0.2) is 51.7 Å². The van der Waals surface area contributed by atoms with Crippen molar-refractivity contribution in [2.45, 2.75) is 20.3 Å². The molecule has 0 aliphatic carbocycles. The number of sulfonamides is 1. The van der Waals surface area contributed by atoms with Crippen LogP contribution in [0.25, 0.3) is 28.5 Å². The van der Waals surface area contributed by atoms with Gasteiger partial charge in [-0.25, -0.2) is 13.4 Å². The molecule has 2 aromatic heterocycles. The Labute approximate surface area is 170 Å². The van der Waals surface area contributed by atoms with Gasteiger partial charge in [0.25, 0.3) is 5.89 Å². The van der Waals surface area contributed by atoms with Gasteiger partial charge in [-0.05, 0) is 38.0 Å². The van der Waals surface area contributed by atoms with E-state index < -0.39 is 10.0 Å². The van der Waals surface area contributed by atoms with Crippen LogP contribution in [0.3, 0.4) is 0 Å². The Morgan fingerprint density at radius 2 is 2.00 bits per heavy atom. The fourth-order valence-electron chi connectivity index (χ4n) is 3.15. The van der Waals surface area contributed by atoms with E-state index in [-0.39, 0.29) is 7.18 Å². The predicted molar refractivity (Wildman–Crippen MR) is 111 cm³/mol. The van der Waals surface area contributed by atoms with Crippen molar-refractivity contribution < 1.29 is 14.4 Å². The van der Waals surface area contributed by atoms with E-state index in [1.807, 2.05) is 43.3 Å². The van der Waals surface area contributed by atoms with Crippen molar-refractivity contribution in [3.8, 4) is 23.0 Å². The molecule has 4 rings (SSSR count). The van der Waals surface area contributed by atoms with E-state index in [0.717, 1.165) is 11.1 Å². The molecule has 0 saturated carbocycles. The molecular weight excluding hydrogens is 390 g/mol. The van der Waals surface area contributed by atoms with Crippen LogP contribution >= 0.6 is 0 Å². The van der Waals surface area contributed by atoms with E-state index in [4.69, 9.17) is 9.51 Å². The van der Waals surface area contributed by atoms with Crippen molar-refractivity contribution in [3.05, 3.63) is 54.0 Å². The molecule has 152 valence electrons. The van der Waals surface area contributed by atoms with E-state index in [0.29, 0.717) is 48.3 Å². The first-order valence-electron chi connectivity index (χ1n) is 9.38. The Balaban J connectivity index is 0.00000256. The van der Waals surface area contributed by atoms with Crippen LogP contribution < -0.4 is 0 Å². The maximum atomic E-state index is 12.0. The molecule has 0 saturated heterocycles. The first kappa shape index (κ1) is 19.4. The summed E-state index contributed by atoms with van der Waals surface area (Å²) >= 11 is 0. The molecule has 0 spiro atoms. The number of aromatic nitrogens is 4. The van der Waals surface area contributed by atoms with Gasteiger partial charge >= 0.3 is 0 Å². The highest BCUT2D eigenvalue weighted by atomic mass is 32.2. The zero-order valence-electron chi connectivity index (χ0n) is 16.2. The monoisotopic (exact) mass is 413 g/mol. The van der Waals surface area contributed by atoms with Crippen molar-refractivity contribution >= 4 is 15.6 Å². The van der Waals surface area contributed by atoms with Gasteiger partial charge in [0, 0.05) is 20.1 Å². The first-order valence-corrected chi connectivity index (χ1v) is 11.0. The largest absolute Gasteiger partial charge is 0.334 e. The zero-order valence-corrected chi connectivity index (χ0v) is 17.1. The molecule has 8 nitrogen and oxygen atoms in total. The van der Waals surface area contributed by atoms with Crippen molar-refractivity contribution in [2.75, 3.05) is 18.8 Å². The molecule has 0 unspecified atom stereocenters. The molecule has 1 aromatic carbocycles. The average molecular weight is 414 g/mol. The van der Waals surface area contributed by atoms with Gasteiger partial charge in [-0.1, -0.05) is 29.4 Å². The smallest absolute Gasteiger partial charge is 0.258 e. The summed E-state index contributed by atoms with van der Waals surface area (Å²) in [5, 5.41) is 4.07. The second kappa shape index (κ2) is 7.84. The lowest BCUT2D eigenvalue weighted by atomic mass is 10.1. The number of rotatable bonds is 5. The highest BCUT2D eigenvalue weighted by Crippen LogP contribution is 2.26. The first-order chi connectivity index (χ1) is 14.0. The van der Waals surface area contributed by atoms with E-state index in [9.17, 15) is 8.42 Å². The normalized spacial score (nSPS) is 15.3. The number of nitrogens with zero attached hydrogens (tertiary/aromatic N) is 5. The van der Waals surface area contributed by atoms with Gasteiger partial charge in [-0.15, -0.1) is 0 Å². The molecule has 3 heterocycles. The number of benzene rings is 1. The molecule has 0 fully saturated rings. The highest BCUT2D eigenvalue weighted by Gasteiger charge is 2.24. The van der Waals surface area contributed by atoms with Crippen molar-refractivity contribution in [3.63, 3.8) is 0 Å². The molecule has 1 aliphatic heterocycles. The number of aryl methyl sites for hydroxylation is 1. The maximum Gasteiger partial charge on any atom is 0.258 e. The van der Waals surface area contributed by atoms with Crippen LogP contribution in [0.1, 0.15) is 26.2 Å². The lowest BCUT2D eigenvalue weighted by Crippen LogP contribution is -2.35. The third-order valence-electron chi connectivity index (χ3n) is 4.87. The average Bonchev–Trinajstić information content (AvgIpc) is 3.25. The van der Waals surface area contributed by atoms with E-state index in [2.05, 4.69) is 15.1 Å². The summed E-state index contributed by atoms with van der Waals surface area (Å²) in [5.74, 6) is 0.901. The van der Waals surface area contributed by atoms with Crippen LogP contribution in [-0.2, 0) is 10.0 Å². The van der Waals surface area contributed by atoms with Crippen LogP contribution in [0.4, 0.5) is 0 Å². The summed E-state index contributed by atoms with van der Waals surface area (Å²) in [5.41, 5.74) is 3.75. The Hall–Kier alpha value is -2.91. The summed E-state index contributed by atoms with van der Waals surface area (Å²) < 4.78 is 31.0. The van der Waals surface area contributed by atoms with Gasteiger partial charge in [0.05, 0.1) is 23.3 Å². The van der Waals surface area contributed by atoms with Crippen LogP contribution in [0.15, 0.2) is 47.1 Å². The minimum Gasteiger partial charge on any atom is -0.334 e. The molecule has 29 heavy (non-hydrogen) atoms. The van der Waals surface area contributed by atoms with E-state index >= 15 is 0 Å². The number of hydrogen-bond acceptors (Lipinski definition) is 7. The molecule has 3 aromatic rings. The number of hydrogen-bond donors (Lipinski definition) is 0. The summed E-state index contributed by atoms with van der Waals surface area (Å²) in [7, 11) is -3.19. The van der Waals surface area contributed by atoms with E-state index in [1.165, 1.54) is 4.31 Å². The lowest BCUT2D eigenvalue weighted by molar-refractivity contribution is 0.432. The van der Waals surface area contributed by atoms with Gasteiger partial charge in [0.1, 0.15) is 5.69 Å². The predicted octanol–water partition coefficient (Wildman–Crippen LogP) is 3.19. The van der Waals surface area contributed by atoms with Crippen LogP contribution in [0, 0.1) is 6.92 Å². The zero-order chi connectivity index (χ0) is 20.4. The second-order valence-electron chi connectivity index (χ2n) is 6.72. The quantitative estimate of drug-likeness (QED) is 0.633. The molecule has 0 atom stereocenters. The molecule has 0 radical (unpaired) electrons. The van der Waals surface area contributed by atoms with Gasteiger partial charge < -0.3 is 4.52 Å². The van der Waals surface area contributed by atoms with Crippen molar-refractivity contribution in [1.29, 1.82) is 0 Å². The molecule has 0 N–H and O–H groups in total. The summed E-state index contributed by atoms with van der Waals surface area (Å²) in [6.45, 7) is 4.28. The Kier molecular flexibility index (Phi) is 5.25. The summed E-state index contributed by atoms with van der Waals surface area (Å²) in [6.07, 6.45) is 4.18. The second-order valence-corrected chi connectivity index (χ2v) is 8.97. The highest BCUT2D eigenvalue weighted by molar-refractivity contribution is 7.89. The lowest BCUT2D eigenvalue weighted by Gasteiger charge is -2.25. The van der Waals surface area contributed by atoms with Crippen LogP contribution in [0.2, 0.25) is 0 Å². The van der Waals surface area contributed by atoms with Gasteiger partial charge in [-0.3, -0.25) is 4.98 Å². The fourth-order valence-corrected chi connectivity index (χ4v) is 4.19. The van der Waals surface area contributed by atoms with Crippen molar-refractivity contribution in [1.82, 2.24) is 24.4 Å². The van der Waals surface area contributed by atoms with Crippen LogP contribution in [0.5, 0.6) is 0 Å². The Morgan fingerprint density at radius 1 is 1.21 bits per heavy atom. The van der Waals surface area contributed by atoms with E-state index in [1.54, 1.807) is 13.1 Å². The minimum atomic E-state index is -3.19. The Morgan fingerprint density at radius 3 is 2.69 bits per heavy atom. The molecule has 9 heteroatoms. The maximum absolute atomic E-state index is 12.0. The van der Waals surface area contributed by atoms with Gasteiger partial charge in [0.15, 0.2) is 0 Å². The molecule has 0 bridgehead atoms.